The van der Waals surface area contributed by atoms with Gasteiger partial charge in [-0.1, -0.05) is 30.3 Å². The molecule has 0 aliphatic carbocycles. The van der Waals surface area contributed by atoms with Crippen molar-refractivity contribution in [3.63, 3.8) is 0 Å². The predicted octanol–water partition coefficient (Wildman–Crippen LogP) is 8.13. The lowest BCUT2D eigenvalue weighted by molar-refractivity contribution is -0.137. The van der Waals surface area contributed by atoms with E-state index in [1.165, 1.54) is 12.1 Å². The Kier molecular flexibility index (Phi) is 10.4. The number of alkyl halides is 3. The average Bonchev–Trinajstić information content (AvgIpc) is 3.03. The van der Waals surface area contributed by atoms with E-state index in [2.05, 4.69) is 27.1 Å². The third-order valence-corrected chi connectivity index (χ3v) is 8.92. The third kappa shape index (κ3) is 8.12. The third-order valence-electron chi connectivity index (χ3n) is 8.92. The minimum Gasteiger partial charge on any atom is -0.469 e. The first kappa shape index (κ1) is 33.1. The summed E-state index contributed by atoms with van der Waals surface area (Å²) in [6.45, 7) is 10.2. The molecule has 1 fully saturated rings. The highest BCUT2D eigenvalue weighted by Crippen LogP contribution is 2.37. The molecule has 242 valence electrons. The number of carbonyl (C=O) groups is 1. The Balaban J connectivity index is 1.17. The molecule has 9 heteroatoms. The van der Waals surface area contributed by atoms with Gasteiger partial charge in [-0.15, -0.1) is 0 Å². The molecule has 2 aromatic heterocycles. The van der Waals surface area contributed by atoms with Gasteiger partial charge in [-0.3, -0.25) is 9.78 Å². The first-order valence-corrected chi connectivity index (χ1v) is 15.8. The van der Waals surface area contributed by atoms with Gasteiger partial charge in [-0.25, -0.2) is 4.98 Å². The Labute approximate surface area is 269 Å². The fourth-order valence-electron chi connectivity index (χ4n) is 6.37. The van der Waals surface area contributed by atoms with Gasteiger partial charge in [0.15, 0.2) is 0 Å². The Hall–Kier alpha value is -4.24. The van der Waals surface area contributed by atoms with E-state index < -0.39 is 17.8 Å². The second-order valence-electron chi connectivity index (χ2n) is 12.3. The number of carbonyl (C=O) groups excluding carboxylic acids is 1. The monoisotopic (exact) mass is 630 g/mol. The van der Waals surface area contributed by atoms with Crippen molar-refractivity contribution in [3.05, 3.63) is 113 Å². The number of aromatic nitrogens is 2. The summed E-state index contributed by atoms with van der Waals surface area (Å²) in [5.74, 6) is 0.515. The van der Waals surface area contributed by atoms with E-state index in [0.29, 0.717) is 23.6 Å². The summed E-state index contributed by atoms with van der Waals surface area (Å²) in [5, 5.41) is 3.12. The first-order valence-electron chi connectivity index (χ1n) is 15.8. The van der Waals surface area contributed by atoms with Gasteiger partial charge in [0.25, 0.3) is 5.91 Å². The van der Waals surface area contributed by atoms with Gasteiger partial charge in [0.05, 0.1) is 5.56 Å². The van der Waals surface area contributed by atoms with Crippen molar-refractivity contribution in [2.75, 3.05) is 19.6 Å². The van der Waals surface area contributed by atoms with Crippen LogP contribution >= 0.6 is 0 Å². The van der Waals surface area contributed by atoms with Crippen LogP contribution in [-0.4, -0.2) is 46.5 Å². The highest BCUT2D eigenvalue weighted by molar-refractivity contribution is 5.97. The molecule has 1 aliphatic rings. The lowest BCUT2D eigenvalue weighted by Gasteiger charge is -2.39. The van der Waals surface area contributed by atoms with Crippen LogP contribution in [-0.2, 0) is 6.18 Å². The van der Waals surface area contributed by atoms with Crippen molar-refractivity contribution in [2.24, 2.45) is 5.92 Å². The normalized spacial score (nSPS) is 15.7. The van der Waals surface area contributed by atoms with Crippen molar-refractivity contribution in [2.45, 2.75) is 65.3 Å². The van der Waals surface area contributed by atoms with Gasteiger partial charge < -0.3 is 15.0 Å². The SMILES string of the molecule is Cc1cccc(O[C@@H](c2ccc(C(F)(F)F)cc2)C2CCN(C(C)CCNC(=O)c3c(C)cc(-c4ccncc4)cc3C)CC2)n1. The quantitative estimate of drug-likeness (QED) is 0.192. The molecule has 2 atom stereocenters. The molecule has 0 radical (unpaired) electrons. The van der Waals surface area contributed by atoms with Crippen LogP contribution in [0.3, 0.4) is 0 Å². The summed E-state index contributed by atoms with van der Waals surface area (Å²) in [6.07, 6.45) is 1.18. The molecule has 5 rings (SSSR count). The molecular formula is C37H41F3N4O2. The predicted molar refractivity (Wildman–Crippen MR) is 174 cm³/mol. The molecule has 1 aliphatic heterocycles. The number of ether oxygens (including phenoxy) is 1. The Morgan fingerprint density at radius 1 is 0.957 bits per heavy atom. The fraction of sp³-hybridized carbons (Fsp3) is 0.378. The van der Waals surface area contributed by atoms with Crippen LogP contribution in [0.25, 0.3) is 11.1 Å². The summed E-state index contributed by atoms with van der Waals surface area (Å²) >= 11 is 0. The number of halogens is 3. The van der Waals surface area contributed by atoms with Gasteiger partial charge >= 0.3 is 6.18 Å². The number of likely N-dealkylation sites (tertiary alicyclic amines) is 1. The summed E-state index contributed by atoms with van der Waals surface area (Å²) < 4.78 is 46.1. The van der Waals surface area contributed by atoms with Gasteiger partial charge in [0.2, 0.25) is 5.88 Å². The van der Waals surface area contributed by atoms with Crippen LogP contribution < -0.4 is 10.1 Å². The molecule has 6 nitrogen and oxygen atoms in total. The zero-order valence-electron chi connectivity index (χ0n) is 26.8. The van der Waals surface area contributed by atoms with E-state index in [4.69, 9.17) is 4.74 Å². The summed E-state index contributed by atoms with van der Waals surface area (Å²) in [6, 6.07) is 19.1. The molecule has 2 aromatic carbocycles. The van der Waals surface area contributed by atoms with Crippen LogP contribution in [0.5, 0.6) is 5.88 Å². The highest BCUT2D eigenvalue weighted by atomic mass is 19.4. The van der Waals surface area contributed by atoms with Crippen molar-refractivity contribution in [1.29, 1.82) is 0 Å². The van der Waals surface area contributed by atoms with Gasteiger partial charge in [-0.05, 0) is 118 Å². The van der Waals surface area contributed by atoms with Crippen molar-refractivity contribution < 1.29 is 22.7 Å². The number of piperidine rings is 1. The first-order chi connectivity index (χ1) is 22.0. The van der Waals surface area contributed by atoms with Crippen molar-refractivity contribution in [3.8, 4) is 17.0 Å². The van der Waals surface area contributed by atoms with Gasteiger partial charge in [-0.2, -0.15) is 13.2 Å². The minimum absolute atomic E-state index is 0.0662. The van der Waals surface area contributed by atoms with Gasteiger partial charge in [0.1, 0.15) is 6.10 Å². The standard InChI is InChI=1S/C37H41F3N4O2/c1-24-22-31(28-13-17-41-18-14-28)23-25(2)34(24)36(45)42-19-12-27(4)44-20-15-30(16-21-44)35(46-33-7-5-6-26(3)43-33)29-8-10-32(11-9-29)37(38,39)40/h5-11,13-14,17-18,22-23,27,30,35H,12,15-16,19-21H2,1-4H3,(H,42,45)/t27?,35-/m0/s1. The molecule has 1 unspecified atom stereocenters. The summed E-state index contributed by atoms with van der Waals surface area (Å²) in [5.41, 5.74) is 5.56. The number of pyridine rings is 2. The molecular weight excluding hydrogens is 589 g/mol. The molecule has 0 saturated carbocycles. The largest absolute Gasteiger partial charge is 0.469 e. The number of hydrogen-bond acceptors (Lipinski definition) is 5. The zero-order chi connectivity index (χ0) is 32.8. The van der Waals surface area contributed by atoms with Gasteiger partial charge in [0, 0.05) is 48.2 Å². The lowest BCUT2D eigenvalue weighted by atomic mass is 9.86. The van der Waals surface area contributed by atoms with Crippen molar-refractivity contribution >= 4 is 5.91 Å². The van der Waals surface area contributed by atoms with E-state index in [-0.39, 0.29) is 17.9 Å². The zero-order valence-corrected chi connectivity index (χ0v) is 26.8. The number of amides is 1. The second kappa shape index (κ2) is 14.5. The number of benzene rings is 2. The molecule has 1 amide bonds. The number of aryl methyl sites for hydroxylation is 3. The molecule has 1 saturated heterocycles. The maximum atomic E-state index is 13.2. The maximum Gasteiger partial charge on any atom is 0.416 e. The summed E-state index contributed by atoms with van der Waals surface area (Å²) in [7, 11) is 0. The number of nitrogens with one attached hydrogen (secondary N) is 1. The Bertz CT molecular complexity index is 1600. The van der Waals surface area contributed by atoms with Crippen molar-refractivity contribution in [1.82, 2.24) is 20.2 Å². The number of rotatable bonds is 10. The highest BCUT2D eigenvalue weighted by Gasteiger charge is 2.33. The molecule has 0 bridgehead atoms. The van der Waals surface area contributed by atoms with E-state index >= 15 is 0 Å². The Morgan fingerprint density at radius 2 is 1.61 bits per heavy atom. The van der Waals surface area contributed by atoms with E-state index in [0.717, 1.165) is 72.4 Å². The Morgan fingerprint density at radius 3 is 2.22 bits per heavy atom. The topological polar surface area (TPSA) is 67.3 Å². The number of nitrogens with zero attached hydrogens (tertiary/aromatic N) is 3. The van der Waals surface area contributed by atoms with Crippen LogP contribution in [0.2, 0.25) is 0 Å². The molecule has 3 heterocycles. The average molecular weight is 631 g/mol. The number of hydrogen-bond donors (Lipinski definition) is 1. The molecule has 46 heavy (non-hydrogen) atoms. The van der Waals surface area contributed by atoms with Crippen LogP contribution in [0.4, 0.5) is 13.2 Å². The van der Waals surface area contributed by atoms with E-state index in [1.807, 2.05) is 57.2 Å². The van der Waals surface area contributed by atoms with E-state index in [1.54, 1.807) is 18.5 Å². The van der Waals surface area contributed by atoms with Crippen LogP contribution in [0.1, 0.15) is 70.6 Å². The minimum atomic E-state index is -4.39. The van der Waals surface area contributed by atoms with Crippen LogP contribution in [0.15, 0.2) is 79.1 Å². The lowest BCUT2D eigenvalue weighted by Crippen LogP contribution is -2.43. The second-order valence-corrected chi connectivity index (χ2v) is 12.3. The molecule has 4 aromatic rings. The van der Waals surface area contributed by atoms with E-state index in [9.17, 15) is 18.0 Å². The van der Waals surface area contributed by atoms with Crippen LogP contribution in [0, 0.1) is 26.7 Å². The molecule has 1 N–H and O–H groups in total. The summed E-state index contributed by atoms with van der Waals surface area (Å²) in [4.78, 5) is 24.2. The maximum absolute atomic E-state index is 13.2. The fourth-order valence-corrected chi connectivity index (χ4v) is 6.37. The molecule has 0 spiro atoms. The smallest absolute Gasteiger partial charge is 0.416 e.